The van der Waals surface area contributed by atoms with Gasteiger partial charge in [-0.2, -0.15) is 0 Å². The fraction of sp³-hybridized carbons (Fsp3) is 0.00787. The maximum Gasteiger partial charge on any atom is -0.00135 e. The lowest BCUT2D eigenvalue weighted by Crippen LogP contribution is -1.82. The van der Waals surface area contributed by atoms with Gasteiger partial charge in [-0.25, -0.2) is 0 Å². The Kier molecular flexibility index (Phi) is 23.1. The van der Waals surface area contributed by atoms with Crippen molar-refractivity contribution < 1.29 is 0 Å². The van der Waals surface area contributed by atoms with Crippen LogP contribution in [0.4, 0.5) is 0 Å². The Morgan fingerprint density at radius 1 is 0.0945 bits per heavy atom. The molecule has 0 fully saturated rings. The zero-order valence-electron chi connectivity index (χ0n) is 70.5. The summed E-state index contributed by atoms with van der Waals surface area (Å²) in [5, 5.41) is 45.0. The largest absolute Gasteiger partial charge is 0.0623 e. The second kappa shape index (κ2) is 37.1. The molecule has 0 heteroatoms. The molecule has 0 heterocycles. The van der Waals surface area contributed by atoms with Crippen LogP contribution >= 0.6 is 0 Å². The summed E-state index contributed by atoms with van der Waals surface area (Å²) in [5.74, 6) is 0. The molecule has 0 bridgehead atoms. The van der Waals surface area contributed by atoms with Crippen LogP contribution in [-0.4, -0.2) is 0 Å². The van der Waals surface area contributed by atoms with Gasteiger partial charge in [-0.15, -0.1) is 0 Å². The van der Waals surface area contributed by atoms with E-state index in [0.717, 1.165) is 6.42 Å². The maximum absolute atomic E-state index is 2.30. The molecule has 0 amide bonds. The number of rotatable bonds is 0. The topological polar surface area (TPSA) is 0 Å². The molecule has 127 heavy (non-hydrogen) atoms. The van der Waals surface area contributed by atoms with Crippen molar-refractivity contribution in [2.24, 2.45) is 0 Å². The van der Waals surface area contributed by atoms with E-state index in [1.54, 1.807) is 0 Å². The van der Waals surface area contributed by atoms with Crippen LogP contribution in [0.25, 0.3) is 194 Å². The van der Waals surface area contributed by atoms with Crippen LogP contribution in [0.5, 0.6) is 0 Å². The van der Waals surface area contributed by atoms with Crippen molar-refractivity contribution in [3.05, 3.63) is 545 Å². The van der Waals surface area contributed by atoms with E-state index in [4.69, 9.17) is 0 Å². The van der Waals surface area contributed by atoms with Gasteiger partial charge in [-0.1, -0.05) is 485 Å². The summed E-state index contributed by atoms with van der Waals surface area (Å²) in [6.45, 7) is 0. The molecule has 0 spiro atoms. The molecule has 0 aromatic heterocycles. The average molecular weight is 1620 g/mol. The van der Waals surface area contributed by atoms with Crippen molar-refractivity contribution in [2.45, 2.75) is 6.42 Å². The Bertz CT molecular complexity index is 7810. The smallest absolute Gasteiger partial charge is 0.00135 e. The molecule has 0 atom stereocenters. The monoisotopic (exact) mass is 1610 g/mol. The van der Waals surface area contributed by atoms with E-state index in [1.165, 1.54) is 205 Å². The molecule has 0 aliphatic heterocycles. The molecule has 0 nitrogen and oxygen atoms in total. The molecule has 1 aliphatic rings. The molecule has 0 radical (unpaired) electrons. The maximum atomic E-state index is 2.30. The normalized spacial score (nSPS) is 11.1. The van der Waals surface area contributed by atoms with Gasteiger partial charge in [-0.05, 0) is 260 Å². The van der Waals surface area contributed by atoms with Gasteiger partial charge in [0.25, 0.3) is 0 Å². The summed E-state index contributed by atoms with van der Waals surface area (Å²) in [6.07, 6.45) is 1.10. The summed E-state index contributed by atoms with van der Waals surface area (Å²) < 4.78 is 0. The van der Waals surface area contributed by atoms with E-state index in [9.17, 15) is 0 Å². The average Bonchev–Trinajstić information content (AvgIpc) is 1.21. The van der Waals surface area contributed by atoms with Crippen LogP contribution in [0.15, 0.2) is 534 Å². The highest BCUT2D eigenvalue weighted by Gasteiger charge is 2.17. The molecule has 0 unspecified atom stereocenters. The van der Waals surface area contributed by atoms with Gasteiger partial charge in [0.2, 0.25) is 0 Å². The number of benzene rings is 27. The summed E-state index contributed by atoms with van der Waals surface area (Å²) >= 11 is 0. The SMILES string of the molecule is c1cc2ccc3cccc4ccc(c1)c2c34.c1ccc2c(c1)Cc1ccccc1-2.c1ccc2c(c1)ccc1c3ccccc3ccc21.c1ccc2c(c1)ccc1ccccc12.c1ccc2cc3c(ccc4ccccc43)cc2c1.c1ccc2cc3cc4ccccc4cc3cc2c1.c1ccc2cc3ccccc3cc2c1.c1ccc2ccccc2c1.c1ccccc1. The molecule has 598 valence electrons. The van der Waals surface area contributed by atoms with Gasteiger partial charge in [0, 0.05) is 0 Å². The van der Waals surface area contributed by atoms with E-state index in [2.05, 4.69) is 497 Å². The predicted octanol–water partition coefficient (Wildman–Crippen LogP) is 35.8. The highest BCUT2D eigenvalue weighted by atomic mass is 14.2. The molecular formula is C127H90. The Morgan fingerprint density at radius 2 is 0.283 bits per heavy atom. The summed E-state index contributed by atoms with van der Waals surface area (Å²) in [4.78, 5) is 0. The highest BCUT2D eigenvalue weighted by molar-refractivity contribution is 6.23. The second-order valence-electron chi connectivity index (χ2n) is 32.5. The first-order valence-corrected chi connectivity index (χ1v) is 43.9. The molecule has 0 saturated carbocycles. The van der Waals surface area contributed by atoms with Crippen LogP contribution in [0.3, 0.4) is 0 Å². The first kappa shape index (κ1) is 79.1. The lowest BCUT2D eigenvalue weighted by molar-refractivity contribution is 1.26. The highest BCUT2D eigenvalue weighted by Crippen LogP contribution is 2.39. The predicted molar refractivity (Wildman–Crippen MR) is 555 cm³/mol. The fourth-order valence-electron chi connectivity index (χ4n) is 18.2. The minimum absolute atomic E-state index is 1.10. The first-order valence-electron chi connectivity index (χ1n) is 43.9. The molecule has 0 saturated heterocycles. The third kappa shape index (κ3) is 17.5. The summed E-state index contributed by atoms with van der Waals surface area (Å²) in [6, 6.07) is 189. The van der Waals surface area contributed by atoms with E-state index in [0.29, 0.717) is 0 Å². The van der Waals surface area contributed by atoms with Crippen molar-refractivity contribution in [3.8, 4) is 11.1 Å². The van der Waals surface area contributed by atoms with E-state index in [-0.39, 0.29) is 0 Å². The van der Waals surface area contributed by atoms with E-state index in [1.807, 2.05) is 36.4 Å². The van der Waals surface area contributed by atoms with Gasteiger partial charge in [-0.3, -0.25) is 0 Å². The Hall–Kier alpha value is -16.4. The number of hydrogen-bond donors (Lipinski definition) is 0. The van der Waals surface area contributed by atoms with Crippen LogP contribution < -0.4 is 0 Å². The molecule has 27 aromatic carbocycles. The van der Waals surface area contributed by atoms with Crippen LogP contribution in [0, 0.1) is 0 Å². The minimum Gasteiger partial charge on any atom is -0.0623 e. The van der Waals surface area contributed by atoms with Crippen molar-refractivity contribution in [1.82, 2.24) is 0 Å². The van der Waals surface area contributed by atoms with Crippen molar-refractivity contribution >= 4 is 183 Å². The molecule has 1 aliphatic carbocycles. The zero-order valence-corrected chi connectivity index (χ0v) is 70.5. The lowest BCUT2D eigenvalue weighted by Gasteiger charge is -2.09. The fourth-order valence-corrected chi connectivity index (χ4v) is 18.2. The second-order valence-corrected chi connectivity index (χ2v) is 32.5. The Balaban J connectivity index is 0.0000000909. The lowest BCUT2D eigenvalue weighted by atomic mass is 9.95. The van der Waals surface area contributed by atoms with Crippen LogP contribution in [0.2, 0.25) is 0 Å². The van der Waals surface area contributed by atoms with Crippen LogP contribution in [-0.2, 0) is 6.42 Å². The number of fused-ring (bicyclic) bond motifs is 21. The zero-order chi connectivity index (χ0) is 84.9. The molecule has 28 rings (SSSR count). The van der Waals surface area contributed by atoms with Crippen molar-refractivity contribution in [2.75, 3.05) is 0 Å². The standard InChI is InChI=1S/3C18H12.C16H10.2C14H10.C13H10.C10H8.C6H6/c1-3-7-15-13(5-1)9-11-18-16-8-4-2-6-14(16)10-12-17(15)18;1-2-7-15-12-18-16(11-14(15)6-1)10-9-13-5-3-4-8-17(13)18;1-2-6-14-10-18-12-16-8-4-3-7-15(16)11-17(18)9-13(14)5-1;1-3-11-7-9-13-5-2-6-14-10-8-12(4-1)15(11)16(13)14;1-3-7-13-11(5-1)9-10-12-6-2-4-8-14(12)13;1-2-6-12-10-14-8-4-3-7-13(14)9-11(12)5-1;1-3-7-12-10(5-1)9-11-6-2-4-8-13(11)12;1-2-6-10-8-4-3-7-9(10)5-1;1-2-4-6-5-3-1/h3*1-12H;1-10H;2*1-10H;1-8H,9H2;1-8H;1-6H. The molecule has 0 N–H and O–H groups in total. The van der Waals surface area contributed by atoms with E-state index < -0.39 is 0 Å². The Labute approximate surface area is 740 Å². The quantitative estimate of drug-likeness (QED) is 0.105. The van der Waals surface area contributed by atoms with Crippen molar-refractivity contribution in [3.63, 3.8) is 0 Å². The van der Waals surface area contributed by atoms with Gasteiger partial charge < -0.3 is 0 Å². The van der Waals surface area contributed by atoms with Gasteiger partial charge in [0.15, 0.2) is 0 Å². The molecule has 27 aromatic rings. The number of hydrogen-bond acceptors (Lipinski definition) is 0. The third-order valence-electron chi connectivity index (χ3n) is 24.5. The third-order valence-corrected chi connectivity index (χ3v) is 24.5. The summed E-state index contributed by atoms with van der Waals surface area (Å²) in [5.41, 5.74) is 5.75. The summed E-state index contributed by atoms with van der Waals surface area (Å²) in [7, 11) is 0. The Morgan fingerprint density at radius 3 is 0.583 bits per heavy atom. The van der Waals surface area contributed by atoms with E-state index >= 15 is 0 Å². The molecular weight excluding hydrogens is 1530 g/mol. The van der Waals surface area contributed by atoms with Gasteiger partial charge in [0.1, 0.15) is 0 Å². The van der Waals surface area contributed by atoms with Gasteiger partial charge >= 0.3 is 0 Å². The minimum atomic E-state index is 1.10. The van der Waals surface area contributed by atoms with Gasteiger partial charge in [0.05, 0.1) is 0 Å². The van der Waals surface area contributed by atoms with Crippen molar-refractivity contribution in [1.29, 1.82) is 0 Å². The first-order chi connectivity index (χ1) is 63.0. The van der Waals surface area contributed by atoms with Crippen LogP contribution in [0.1, 0.15) is 11.1 Å².